The molecule has 1 aliphatic carbocycles. The van der Waals surface area contributed by atoms with Crippen molar-refractivity contribution in [2.75, 3.05) is 25.4 Å². The average Bonchev–Trinajstić information content (AvgIpc) is 2.64. The Balaban J connectivity index is 1.88. The molecule has 2 rings (SSSR count). The highest BCUT2D eigenvalue weighted by Crippen LogP contribution is 2.23. The van der Waals surface area contributed by atoms with Gasteiger partial charge in [0.1, 0.15) is 0 Å². The molecule has 15 heavy (non-hydrogen) atoms. The number of sulfonamides is 1. The highest BCUT2D eigenvalue weighted by molar-refractivity contribution is 7.89. The molecule has 4 nitrogen and oxygen atoms in total. The molecule has 5 heteroatoms. The van der Waals surface area contributed by atoms with Crippen LogP contribution in [0, 0.1) is 0 Å². The van der Waals surface area contributed by atoms with Gasteiger partial charge in [0.15, 0.2) is 0 Å². The van der Waals surface area contributed by atoms with Crippen LogP contribution in [0.4, 0.5) is 0 Å². The first-order valence-corrected chi connectivity index (χ1v) is 7.54. The van der Waals surface area contributed by atoms with Gasteiger partial charge in [-0.3, -0.25) is 4.90 Å². The van der Waals surface area contributed by atoms with Crippen LogP contribution >= 0.6 is 0 Å². The van der Waals surface area contributed by atoms with Gasteiger partial charge in [0.25, 0.3) is 0 Å². The topological polar surface area (TPSA) is 49.4 Å². The monoisotopic (exact) mass is 232 g/mol. The Labute approximate surface area is 92.1 Å². The molecule has 1 N–H and O–H groups in total. The Hall–Kier alpha value is -0.130. The van der Waals surface area contributed by atoms with Crippen LogP contribution in [0.1, 0.15) is 32.1 Å². The van der Waals surface area contributed by atoms with Gasteiger partial charge < -0.3 is 0 Å². The van der Waals surface area contributed by atoms with E-state index in [-0.39, 0.29) is 5.75 Å². The summed E-state index contributed by atoms with van der Waals surface area (Å²) >= 11 is 0. The molecular formula is C10H20N2O2S. The summed E-state index contributed by atoms with van der Waals surface area (Å²) in [7, 11) is -2.97. The summed E-state index contributed by atoms with van der Waals surface area (Å²) in [6.45, 7) is 2.41. The van der Waals surface area contributed by atoms with Gasteiger partial charge in [-0.1, -0.05) is 12.8 Å². The molecule has 88 valence electrons. The zero-order chi connectivity index (χ0) is 10.7. The molecule has 1 saturated carbocycles. The minimum Gasteiger partial charge on any atom is -0.299 e. The number of rotatable bonds is 1. The van der Waals surface area contributed by atoms with Crippen LogP contribution in [0.3, 0.4) is 0 Å². The van der Waals surface area contributed by atoms with Crippen LogP contribution in [0.5, 0.6) is 0 Å². The van der Waals surface area contributed by atoms with Gasteiger partial charge in [-0.15, -0.1) is 0 Å². The summed E-state index contributed by atoms with van der Waals surface area (Å²) in [6, 6.07) is 0.715. The highest BCUT2D eigenvalue weighted by Gasteiger charge is 2.24. The van der Waals surface area contributed by atoms with Gasteiger partial charge in [-0.05, 0) is 25.8 Å². The second-order valence-corrected chi connectivity index (χ2v) is 6.47. The lowest BCUT2D eigenvalue weighted by Crippen LogP contribution is -2.44. The van der Waals surface area contributed by atoms with E-state index in [1.54, 1.807) is 0 Å². The molecule has 0 bridgehead atoms. The fraction of sp³-hybridized carbons (Fsp3) is 1.00. The van der Waals surface area contributed by atoms with Crippen LogP contribution in [-0.4, -0.2) is 44.7 Å². The summed E-state index contributed by atoms with van der Waals surface area (Å²) < 4.78 is 25.3. The van der Waals surface area contributed by atoms with E-state index in [1.807, 2.05) is 0 Å². The maximum Gasteiger partial charge on any atom is 0.211 e. The van der Waals surface area contributed by atoms with Crippen LogP contribution in [0.25, 0.3) is 0 Å². The van der Waals surface area contributed by atoms with Crippen LogP contribution in [0.2, 0.25) is 0 Å². The van der Waals surface area contributed by atoms with Crippen LogP contribution in [0.15, 0.2) is 0 Å². The predicted molar refractivity (Wildman–Crippen MR) is 60.2 cm³/mol. The summed E-state index contributed by atoms with van der Waals surface area (Å²) in [5, 5.41) is 0. The van der Waals surface area contributed by atoms with Crippen molar-refractivity contribution in [1.29, 1.82) is 0 Å². The Morgan fingerprint density at radius 1 is 1.07 bits per heavy atom. The van der Waals surface area contributed by atoms with E-state index in [4.69, 9.17) is 0 Å². The fourth-order valence-corrected chi connectivity index (χ4v) is 3.68. The normalized spacial score (nSPS) is 29.9. The SMILES string of the molecule is O=S1(=O)CCCN(C2CCCC2)CCN1. The maximum absolute atomic E-state index is 11.3. The van der Waals surface area contributed by atoms with Crippen molar-refractivity contribution in [2.24, 2.45) is 0 Å². The van der Waals surface area contributed by atoms with E-state index < -0.39 is 10.0 Å². The molecule has 0 atom stereocenters. The van der Waals surface area contributed by atoms with E-state index in [0.29, 0.717) is 12.6 Å². The quantitative estimate of drug-likeness (QED) is 0.718. The third-order valence-corrected chi connectivity index (χ3v) is 4.89. The van der Waals surface area contributed by atoms with Gasteiger partial charge in [0.2, 0.25) is 10.0 Å². The minimum absolute atomic E-state index is 0.288. The van der Waals surface area contributed by atoms with E-state index in [9.17, 15) is 8.42 Å². The highest BCUT2D eigenvalue weighted by atomic mass is 32.2. The average molecular weight is 232 g/mol. The van der Waals surface area contributed by atoms with Crippen molar-refractivity contribution in [3.63, 3.8) is 0 Å². The molecule has 0 unspecified atom stereocenters. The first-order chi connectivity index (χ1) is 7.17. The van der Waals surface area contributed by atoms with Crippen molar-refractivity contribution in [1.82, 2.24) is 9.62 Å². The second kappa shape index (κ2) is 4.80. The molecule has 2 fully saturated rings. The Morgan fingerprint density at radius 3 is 2.53 bits per heavy atom. The third kappa shape index (κ3) is 3.16. The number of nitrogens with zero attached hydrogens (tertiary/aromatic N) is 1. The van der Waals surface area contributed by atoms with E-state index in [0.717, 1.165) is 19.5 Å². The summed E-state index contributed by atoms with van der Waals surface area (Å²) in [5.41, 5.74) is 0. The van der Waals surface area contributed by atoms with Crippen molar-refractivity contribution in [3.05, 3.63) is 0 Å². The van der Waals surface area contributed by atoms with Crippen molar-refractivity contribution in [3.8, 4) is 0 Å². The zero-order valence-electron chi connectivity index (χ0n) is 9.11. The van der Waals surface area contributed by atoms with E-state index in [1.165, 1.54) is 25.7 Å². The van der Waals surface area contributed by atoms with E-state index >= 15 is 0 Å². The molecule has 0 radical (unpaired) electrons. The molecule has 2 aliphatic rings. The van der Waals surface area contributed by atoms with Crippen molar-refractivity contribution in [2.45, 2.75) is 38.1 Å². The summed E-state index contributed by atoms with van der Waals surface area (Å²) in [4.78, 5) is 2.47. The van der Waals surface area contributed by atoms with Crippen LogP contribution in [-0.2, 0) is 10.0 Å². The van der Waals surface area contributed by atoms with Gasteiger partial charge in [0, 0.05) is 19.1 Å². The first kappa shape index (κ1) is 11.4. The summed E-state index contributed by atoms with van der Waals surface area (Å²) in [6.07, 6.45) is 6.05. The minimum atomic E-state index is -2.97. The Kier molecular flexibility index (Phi) is 3.64. The Bertz CT molecular complexity index is 281. The largest absolute Gasteiger partial charge is 0.299 e. The summed E-state index contributed by atoms with van der Waals surface area (Å²) in [5.74, 6) is 0.288. The molecule has 1 heterocycles. The maximum atomic E-state index is 11.3. The molecule has 0 aromatic rings. The number of hydrogen-bond acceptors (Lipinski definition) is 3. The number of nitrogens with one attached hydrogen (secondary N) is 1. The zero-order valence-corrected chi connectivity index (χ0v) is 9.93. The molecule has 0 aromatic heterocycles. The molecule has 0 amide bonds. The van der Waals surface area contributed by atoms with Gasteiger partial charge in [-0.2, -0.15) is 0 Å². The lowest BCUT2D eigenvalue weighted by atomic mass is 10.2. The van der Waals surface area contributed by atoms with Gasteiger partial charge >= 0.3 is 0 Å². The van der Waals surface area contributed by atoms with Gasteiger partial charge in [-0.25, -0.2) is 13.1 Å². The third-order valence-electron chi connectivity index (χ3n) is 3.42. The van der Waals surface area contributed by atoms with E-state index in [2.05, 4.69) is 9.62 Å². The van der Waals surface area contributed by atoms with Crippen LogP contribution < -0.4 is 4.72 Å². The lowest BCUT2D eigenvalue weighted by Gasteiger charge is -2.30. The molecule has 1 aliphatic heterocycles. The molecule has 1 saturated heterocycles. The predicted octanol–water partition coefficient (Wildman–Crippen LogP) is 0.554. The molecule has 0 spiro atoms. The first-order valence-electron chi connectivity index (χ1n) is 5.89. The Morgan fingerprint density at radius 2 is 1.80 bits per heavy atom. The standard InChI is InChI=1S/C10H20N2O2S/c13-15(14)9-3-7-12(8-6-11-15)10-4-1-2-5-10/h10-11H,1-9H2. The van der Waals surface area contributed by atoms with Gasteiger partial charge in [0.05, 0.1) is 5.75 Å². The van der Waals surface area contributed by atoms with Crippen molar-refractivity contribution >= 4 is 10.0 Å². The smallest absolute Gasteiger partial charge is 0.211 e. The van der Waals surface area contributed by atoms with Crippen molar-refractivity contribution < 1.29 is 8.42 Å². The molecule has 0 aromatic carbocycles. The lowest BCUT2D eigenvalue weighted by molar-refractivity contribution is 0.200. The fourth-order valence-electron chi connectivity index (χ4n) is 2.62. The molecular weight excluding hydrogens is 212 g/mol. The second-order valence-electron chi connectivity index (χ2n) is 4.54. The number of hydrogen-bond donors (Lipinski definition) is 1.